The highest BCUT2D eigenvalue weighted by molar-refractivity contribution is 6.06. The van der Waals surface area contributed by atoms with E-state index in [1.54, 1.807) is 12.1 Å². The van der Waals surface area contributed by atoms with Crippen LogP contribution in [0.2, 0.25) is 0 Å². The third-order valence-corrected chi connectivity index (χ3v) is 5.15. The van der Waals surface area contributed by atoms with Crippen LogP contribution in [-0.4, -0.2) is 35.7 Å². The first kappa shape index (κ1) is 14.2. The second-order valence-electron chi connectivity index (χ2n) is 6.41. The average molecular weight is 314 g/mol. The number of allylic oxidation sites excluding steroid dienone is 2. The lowest BCUT2D eigenvalue weighted by atomic mass is 9.85. The smallest absolute Gasteiger partial charge is 0.286 e. The van der Waals surface area contributed by atoms with Crippen molar-refractivity contribution in [3.8, 4) is 0 Å². The van der Waals surface area contributed by atoms with Gasteiger partial charge in [-0.25, -0.2) is 0 Å². The van der Waals surface area contributed by atoms with E-state index in [4.69, 9.17) is 4.42 Å². The molecule has 0 spiro atoms. The Morgan fingerprint density at radius 3 is 2.52 bits per heavy atom. The molecule has 1 N–H and O–H groups in total. The van der Waals surface area contributed by atoms with Gasteiger partial charge in [0.25, 0.3) is 5.91 Å². The van der Waals surface area contributed by atoms with Crippen LogP contribution in [0.1, 0.15) is 23.4 Å². The second-order valence-corrected chi connectivity index (χ2v) is 6.41. The largest absolute Gasteiger partial charge is 0.459 e. The summed E-state index contributed by atoms with van der Waals surface area (Å²) in [5.74, 6) is 0.104. The monoisotopic (exact) mass is 314 g/mol. The van der Waals surface area contributed by atoms with E-state index in [0.29, 0.717) is 19.5 Å². The van der Waals surface area contributed by atoms with Crippen molar-refractivity contribution < 1.29 is 18.8 Å². The molecule has 0 aromatic carbocycles. The van der Waals surface area contributed by atoms with Crippen molar-refractivity contribution in [1.82, 2.24) is 10.2 Å². The summed E-state index contributed by atoms with van der Waals surface area (Å²) in [7, 11) is 0. The van der Waals surface area contributed by atoms with E-state index >= 15 is 0 Å². The molecule has 120 valence electrons. The molecule has 1 aromatic heterocycles. The molecule has 23 heavy (non-hydrogen) atoms. The molecule has 2 heterocycles. The van der Waals surface area contributed by atoms with Crippen molar-refractivity contribution in [3.63, 3.8) is 0 Å². The Kier molecular flexibility index (Phi) is 3.32. The van der Waals surface area contributed by atoms with E-state index in [9.17, 15) is 14.4 Å². The number of fused-ring (bicyclic) bond motifs is 5. The van der Waals surface area contributed by atoms with E-state index in [0.717, 1.165) is 6.42 Å². The highest BCUT2D eigenvalue weighted by Gasteiger charge is 2.58. The highest BCUT2D eigenvalue weighted by atomic mass is 16.3. The lowest BCUT2D eigenvalue weighted by Crippen LogP contribution is -2.35. The molecule has 2 aliphatic carbocycles. The Morgan fingerprint density at radius 1 is 1.22 bits per heavy atom. The first-order valence-electron chi connectivity index (χ1n) is 8.02. The number of imide groups is 1. The maximum atomic E-state index is 12.5. The van der Waals surface area contributed by atoms with Crippen molar-refractivity contribution in [2.75, 3.05) is 13.1 Å². The summed E-state index contributed by atoms with van der Waals surface area (Å²) in [5, 5.41) is 2.72. The minimum atomic E-state index is -0.284. The summed E-state index contributed by atoms with van der Waals surface area (Å²) in [6, 6.07) is 3.24. The highest BCUT2D eigenvalue weighted by Crippen LogP contribution is 2.52. The van der Waals surface area contributed by atoms with E-state index in [2.05, 4.69) is 17.5 Å². The molecule has 3 amide bonds. The SMILES string of the molecule is O=C(NCCCN1C(=O)C2C3C=CC(C3)C2C1=O)c1ccco1. The van der Waals surface area contributed by atoms with Gasteiger partial charge in [-0.2, -0.15) is 0 Å². The fourth-order valence-corrected chi connectivity index (χ4v) is 4.12. The molecule has 1 aromatic rings. The molecule has 6 heteroatoms. The molecule has 6 nitrogen and oxygen atoms in total. The van der Waals surface area contributed by atoms with Gasteiger partial charge in [0.05, 0.1) is 18.1 Å². The fourth-order valence-electron chi connectivity index (χ4n) is 4.12. The molecule has 4 atom stereocenters. The topological polar surface area (TPSA) is 79.6 Å². The number of nitrogens with one attached hydrogen (secondary N) is 1. The second kappa shape index (κ2) is 5.37. The molecular formula is C17H18N2O4. The molecule has 1 aliphatic heterocycles. The number of nitrogens with zero attached hydrogens (tertiary/aromatic N) is 1. The Morgan fingerprint density at radius 2 is 1.91 bits per heavy atom. The first-order chi connectivity index (χ1) is 11.2. The Bertz CT molecular complexity index is 649. The predicted octanol–water partition coefficient (Wildman–Crippen LogP) is 1.21. The van der Waals surface area contributed by atoms with Gasteiger partial charge in [0, 0.05) is 13.1 Å². The molecule has 3 aliphatic rings. The van der Waals surface area contributed by atoms with E-state index in [-0.39, 0.29) is 47.2 Å². The van der Waals surface area contributed by atoms with Crippen molar-refractivity contribution >= 4 is 17.7 Å². The van der Waals surface area contributed by atoms with Gasteiger partial charge in [-0.15, -0.1) is 0 Å². The minimum absolute atomic E-state index is 0.0331. The standard InChI is InChI=1S/C17H18N2O4/c20-15(12-3-1-8-23-12)18-6-2-7-19-16(21)13-10-4-5-11(9-10)14(13)17(19)22/h1,3-5,8,10-11,13-14H,2,6-7,9H2,(H,18,20). The summed E-state index contributed by atoms with van der Waals surface area (Å²) < 4.78 is 5.00. The number of carbonyl (C=O) groups is 3. The number of carbonyl (C=O) groups excluding carboxylic acids is 3. The van der Waals surface area contributed by atoms with Gasteiger partial charge >= 0.3 is 0 Å². The van der Waals surface area contributed by atoms with Crippen LogP contribution in [0.15, 0.2) is 35.0 Å². The number of hydrogen-bond acceptors (Lipinski definition) is 4. The average Bonchev–Trinajstić information content (AvgIpc) is 3.30. The number of hydrogen-bond donors (Lipinski definition) is 1. The number of furan rings is 1. The molecule has 0 radical (unpaired) electrons. The van der Waals surface area contributed by atoms with Crippen molar-refractivity contribution in [2.45, 2.75) is 12.8 Å². The number of rotatable bonds is 5. The van der Waals surface area contributed by atoms with Gasteiger partial charge in [0.2, 0.25) is 11.8 Å². The fraction of sp³-hybridized carbons (Fsp3) is 0.471. The Balaban J connectivity index is 1.30. The van der Waals surface area contributed by atoms with E-state index in [1.807, 2.05) is 0 Å². The third-order valence-electron chi connectivity index (χ3n) is 5.15. The summed E-state index contributed by atoms with van der Waals surface area (Å²) in [4.78, 5) is 38.1. The van der Waals surface area contributed by atoms with Crippen LogP contribution in [0.4, 0.5) is 0 Å². The van der Waals surface area contributed by atoms with Crippen LogP contribution in [0.3, 0.4) is 0 Å². The van der Waals surface area contributed by atoms with Crippen LogP contribution in [0, 0.1) is 23.7 Å². The number of amides is 3. The van der Waals surface area contributed by atoms with Crippen molar-refractivity contribution in [3.05, 3.63) is 36.3 Å². The van der Waals surface area contributed by atoms with Gasteiger partial charge in [-0.1, -0.05) is 12.2 Å². The Labute approximate surface area is 133 Å². The van der Waals surface area contributed by atoms with E-state index in [1.165, 1.54) is 11.2 Å². The van der Waals surface area contributed by atoms with Gasteiger partial charge in [-0.3, -0.25) is 19.3 Å². The third kappa shape index (κ3) is 2.20. The molecule has 1 saturated heterocycles. The van der Waals surface area contributed by atoms with E-state index < -0.39 is 0 Å². The molecule has 2 bridgehead atoms. The first-order valence-corrected chi connectivity index (χ1v) is 8.02. The summed E-state index contributed by atoms with van der Waals surface area (Å²) >= 11 is 0. The lowest BCUT2D eigenvalue weighted by Gasteiger charge is -2.17. The summed E-state index contributed by atoms with van der Waals surface area (Å²) in [6.07, 6.45) is 7.11. The zero-order valence-electron chi connectivity index (χ0n) is 12.6. The molecule has 1 saturated carbocycles. The Hall–Kier alpha value is -2.37. The maximum absolute atomic E-state index is 12.5. The summed E-state index contributed by atoms with van der Waals surface area (Å²) in [5.41, 5.74) is 0. The van der Waals surface area contributed by atoms with Crippen LogP contribution in [0.5, 0.6) is 0 Å². The van der Waals surface area contributed by atoms with Gasteiger partial charge < -0.3 is 9.73 Å². The van der Waals surface area contributed by atoms with Crippen LogP contribution < -0.4 is 5.32 Å². The van der Waals surface area contributed by atoms with Gasteiger partial charge in [-0.05, 0) is 36.8 Å². The quantitative estimate of drug-likeness (QED) is 0.503. The summed E-state index contributed by atoms with van der Waals surface area (Å²) in [6.45, 7) is 0.763. The molecule has 4 rings (SSSR count). The van der Waals surface area contributed by atoms with Crippen LogP contribution in [-0.2, 0) is 9.59 Å². The van der Waals surface area contributed by atoms with Crippen LogP contribution in [0.25, 0.3) is 0 Å². The minimum Gasteiger partial charge on any atom is -0.459 e. The normalized spacial score (nSPS) is 31.0. The predicted molar refractivity (Wildman–Crippen MR) is 80.1 cm³/mol. The molecule has 4 unspecified atom stereocenters. The lowest BCUT2D eigenvalue weighted by molar-refractivity contribution is -0.140. The zero-order valence-corrected chi connectivity index (χ0v) is 12.6. The van der Waals surface area contributed by atoms with Crippen molar-refractivity contribution in [2.24, 2.45) is 23.7 Å². The van der Waals surface area contributed by atoms with Gasteiger partial charge in [0.1, 0.15) is 0 Å². The van der Waals surface area contributed by atoms with Crippen LogP contribution >= 0.6 is 0 Å². The van der Waals surface area contributed by atoms with Crippen molar-refractivity contribution in [1.29, 1.82) is 0 Å². The van der Waals surface area contributed by atoms with Gasteiger partial charge in [0.15, 0.2) is 5.76 Å². The maximum Gasteiger partial charge on any atom is 0.286 e. The number of likely N-dealkylation sites (tertiary alicyclic amines) is 1. The molecule has 2 fully saturated rings. The zero-order chi connectivity index (χ0) is 16.0. The molecular weight excluding hydrogens is 296 g/mol.